The van der Waals surface area contributed by atoms with Crippen molar-refractivity contribution in [3.05, 3.63) is 0 Å². The number of aliphatic carboxylic acids is 2. The molecule has 144 valence electrons. The summed E-state index contributed by atoms with van der Waals surface area (Å²) in [6.45, 7) is 15.9. The van der Waals surface area contributed by atoms with Crippen molar-refractivity contribution in [3.63, 3.8) is 0 Å². The van der Waals surface area contributed by atoms with Gasteiger partial charge >= 0.3 is 11.9 Å². The molecule has 4 heteroatoms. The van der Waals surface area contributed by atoms with Crippen molar-refractivity contribution >= 4 is 11.9 Å². The zero-order valence-electron chi connectivity index (χ0n) is 17.1. The van der Waals surface area contributed by atoms with Crippen LogP contribution < -0.4 is 0 Å². The first kappa shape index (κ1) is 25.2. The zero-order valence-corrected chi connectivity index (χ0v) is 17.1. The van der Waals surface area contributed by atoms with E-state index in [9.17, 15) is 9.59 Å². The van der Waals surface area contributed by atoms with Gasteiger partial charge in [0.05, 0.1) is 10.8 Å². The van der Waals surface area contributed by atoms with E-state index in [1.54, 1.807) is 13.8 Å². The molecule has 0 heterocycles. The monoisotopic (exact) mass is 344 g/mol. The fraction of sp³-hybridized carbons (Fsp3) is 0.900. The summed E-state index contributed by atoms with van der Waals surface area (Å²) in [5.74, 6) is -0.312. The highest BCUT2D eigenvalue weighted by Crippen LogP contribution is 2.34. The summed E-state index contributed by atoms with van der Waals surface area (Å²) in [5, 5.41) is 18.0. The molecular weight excluding hydrogens is 304 g/mol. The Bertz CT molecular complexity index is 364. The molecule has 4 nitrogen and oxygen atoms in total. The average Bonchev–Trinajstić information content (AvgIpc) is 2.50. The first-order valence-corrected chi connectivity index (χ1v) is 9.39. The summed E-state index contributed by atoms with van der Waals surface area (Å²) in [7, 11) is 0. The first-order chi connectivity index (χ1) is 10.9. The van der Waals surface area contributed by atoms with Gasteiger partial charge in [-0.1, -0.05) is 54.4 Å². The van der Waals surface area contributed by atoms with Crippen LogP contribution in [0.1, 0.15) is 93.9 Å². The summed E-state index contributed by atoms with van der Waals surface area (Å²) in [5.41, 5.74) is -1.04. The second-order valence-corrected chi connectivity index (χ2v) is 7.97. The van der Waals surface area contributed by atoms with Crippen molar-refractivity contribution in [3.8, 4) is 0 Å². The number of carboxylic acids is 2. The van der Waals surface area contributed by atoms with E-state index in [4.69, 9.17) is 10.2 Å². The predicted molar refractivity (Wildman–Crippen MR) is 100 cm³/mol. The molecule has 0 aliphatic carbocycles. The second kappa shape index (κ2) is 11.5. The van der Waals surface area contributed by atoms with Gasteiger partial charge in [-0.25, -0.2) is 0 Å². The lowest BCUT2D eigenvalue weighted by atomic mass is 9.76. The van der Waals surface area contributed by atoms with E-state index in [1.165, 1.54) is 0 Å². The van der Waals surface area contributed by atoms with Crippen LogP contribution in [0.4, 0.5) is 0 Å². The number of rotatable bonds is 10. The molecule has 0 aliphatic rings. The minimum absolute atomic E-state index is 0.459. The third-order valence-corrected chi connectivity index (χ3v) is 5.14. The van der Waals surface area contributed by atoms with Gasteiger partial charge in [0.25, 0.3) is 0 Å². The van der Waals surface area contributed by atoms with Gasteiger partial charge in [-0.3, -0.25) is 9.59 Å². The maximum Gasteiger partial charge on any atom is 0.309 e. The highest BCUT2D eigenvalue weighted by atomic mass is 16.4. The van der Waals surface area contributed by atoms with E-state index in [2.05, 4.69) is 27.7 Å². The highest BCUT2D eigenvalue weighted by molar-refractivity contribution is 5.74. The van der Waals surface area contributed by atoms with Crippen molar-refractivity contribution in [1.82, 2.24) is 0 Å². The van der Waals surface area contributed by atoms with Gasteiger partial charge in [0.1, 0.15) is 0 Å². The summed E-state index contributed by atoms with van der Waals surface area (Å²) in [6, 6.07) is 0. The van der Waals surface area contributed by atoms with Crippen molar-refractivity contribution in [2.24, 2.45) is 22.7 Å². The van der Waals surface area contributed by atoms with Crippen molar-refractivity contribution in [2.45, 2.75) is 93.9 Å². The van der Waals surface area contributed by atoms with Gasteiger partial charge in [0.15, 0.2) is 0 Å². The van der Waals surface area contributed by atoms with Crippen LogP contribution in [-0.4, -0.2) is 22.2 Å². The Morgan fingerprint density at radius 1 is 0.833 bits per heavy atom. The number of hydrogen-bond donors (Lipinski definition) is 2. The molecule has 0 fully saturated rings. The predicted octanol–water partition coefficient (Wildman–Crippen LogP) is 5.85. The van der Waals surface area contributed by atoms with Gasteiger partial charge < -0.3 is 10.2 Å². The van der Waals surface area contributed by atoms with Crippen molar-refractivity contribution in [2.75, 3.05) is 0 Å². The fourth-order valence-corrected chi connectivity index (χ4v) is 3.10. The Balaban J connectivity index is 0. The van der Waals surface area contributed by atoms with Crippen LogP contribution in [-0.2, 0) is 9.59 Å². The molecule has 0 spiro atoms. The molecule has 0 atom stereocenters. The van der Waals surface area contributed by atoms with Gasteiger partial charge in [-0.2, -0.15) is 0 Å². The molecule has 2 N–H and O–H groups in total. The van der Waals surface area contributed by atoms with Crippen LogP contribution >= 0.6 is 0 Å². The van der Waals surface area contributed by atoms with Gasteiger partial charge in [-0.05, 0) is 51.4 Å². The van der Waals surface area contributed by atoms with E-state index in [-0.39, 0.29) is 0 Å². The number of carboxylic acid groups (broad SMARTS) is 2. The molecule has 0 aromatic carbocycles. The Hall–Kier alpha value is -1.06. The lowest BCUT2D eigenvalue weighted by Crippen LogP contribution is -2.31. The van der Waals surface area contributed by atoms with Crippen molar-refractivity contribution in [1.29, 1.82) is 0 Å². The van der Waals surface area contributed by atoms with Crippen LogP contribution in [0.25, 0.3) is 0 Å². The summed E-state index contributed by atoms with van der Waals surface area (Å²) >= 11 is 0. The van der Waals surface area contributed by atoms with Gasteiger partial charge in [-0.15, -0.1) is 0 Å². The maximum atomic E-state index is 11.0. The van der Waals surface area contributed by atoms with E-state index in [0.717, 1.165) is 38.5 Å². The summed E-state index contributed by atoms with van der Waals surface area (Å²) in [6.07, 6.45) is 5.19. The van der Waals surface area contributed by atoms with Crippen LogP contribution in [0.2, 0.25) is 0 Å². The largest absolute Gasteiger partial charge is 0.481 e. The standard InChI is InChI=1S/2C10H20O2/c1-5-8(6-2)7-10(3,4)9(11)12;1-5-10(6-2,9(11)12)7-8(3)4/h2*8H,5-7H2,1-4H3,(H,11,12). The molecular formula is C20H40O4. The topological polar surface area (TPSA) is 74.6 Å². The Labute approximate surface area is 149 Å². The minimum atomic E-state index is -0.686. The summed E-state index contributed by atoms with van der Waals surface area (Å²) < 4.78 is 0. The average molecular weight is 345 g/mol. The Morgan fingerprint density at radius 2 is 1.25 bits per heavy atom. The molecule has 0 saturated carbocycles. The van der Waals surface area contributed by atoms with E-state index in [1.807, 2.05) is 13.8 Å². The SMILES string of the molecule is CCC(CC)(CC(C)C)C(=O)O.CCC(CC)CC(C)(C)C(=O)O. The molecule has 0 saturated heterocycles. The lowest BCUT2D eigenvalue weighted by molar-refractivity contribution is -0.150. The fourth-order valence-electron chi connectivity index (χ4n) is 3.10. The van der Waals surface area contributed by atoms with Gasteiger partial charge in [0, 0.05) is 0 Å². The molecule has 0 unspecified atom stereocenters. The minimum Gasteiger partial charge on any atom is -0.481 e. The smallest absolute Gasteiger partial charge is 0.309 e. The second-order valence-electron chi connectivity index (χ2n) is 7.97. The normalized spacial score (nSPS) is 12.1. The third kappa shape index (κ3) is 8.70. The number of hydrogen-bond acceptors (Lipinski definition) is 2. The third-order valence-electron chi connectivity index (χ3n) is 5.14. The van der Waals surface area contributed by atoms with Crippen LogP contribution in [0, 0.1) is 22.7 Å². The molecule has 0 aliphatic heterocycles. The maximum absolute atomic E-state index is 11.0. The van der Waals surface area contributed by atoms with E-state index < -0.39 is 22.8 Å². The molecule has 0 aromatic heterocycles. The Kier molecular flexibility index (Phi) is 12.1. The summed E-state index contributed by atoms with van der Waals surface area (Å²) in [4.78, 5) is 21.8. The molecule has 0 radical (unpaired) electrons. The molecule has 24 heavy (non-hydrogen) atoms. The van der Waals surface area contributed by atoms with Crippen LogP contribution in [0.15, 0.2) is 0 Å². The molecule has 0 amide bonds. The molecule has 0 aromatic rings. The van der Waals surface area contributed by atoms with Crippen LogP contribution in [0.3, 0.4) is 0 Å². The van der Waals surface area contributed by atoms with Gasteiger partial charge in [0.2, 0.25) is 0 Å². The van der Waals surface area contributed by atoms with E-state index in [0.29, 0.717) is 11.8 Å². The van der Waals surface area contributed by atoms with Crippen LogP contribution in [0.5, 0.6) is 0 Å². The Morgan fingerprint density at radius 3 is 1.42 bits per heavy atom. The zero-order chi connectivity index (χ0) is 19.6. The van der Waals surface area contributed by atoms with E-state index >= 15 is 0 Å². The molecule has 0 bridgehead atoms. The van der Waals surface area contributed by atoms with Crippen molar-refractivity contribution < 1.29 is 19.8 Å². The quantitative estimate of drug-likeness (QED) is 0.521. The first-order valence-electron chi connectivity index (χ1n) is 9.39. The molecule has 0 rings (SSSR count). The lowest BCUT2D eigenvalue weighted by Gasteiger charge is -2.28. The highest BCUT2D eigenvalue weighted by Gasteiger charge is 2.35. The number of carbonyl (C=O) groups is 2.